The molecular formula is C15H14ClFN2O2. The molecule has 1 atom stereocenters. The Hall–Kier alpha value is -2.14. The Bertz CT molecular complexity index is 602. The predicted octanol–water partition coefficient (Wildman–Crippen LogP) is 3.67. The summed E-state index contributed by atoms with van der Waals surface area (Å²) in [5.74, 6) is 0.148. The smallest absolute Gasteiger partial charge is 0.266 e. The van der Waals surface area contributed by atoms with Gasteiger partial charge >= 0.3 is 0 Å². The lowest BCUT2D eigenvalue weighted by Crippen LogP contribution is -2.32. The van der Waals surface area contributed by atoms with Crippen LogP contribution in [0.2, 0.25) is 5.02 Å². The molecule has 0 spiro atoms. The van der Waals surface area contributed by atoms with Gasteiger partial charge in [-0.3, -0.25) is 4.79 Å². The number of aromatic nitrogens is 1. The van der Waals surface area contributed by atoms with E-state index in [0.29, 0.717) is 23.0 Å². The van der Waals surface area contributed by atoms with Gasteiger partial charge in [0.2, 0.25) is 0 Å². The second-order valence-corrected chi connectivity index (χ2v) is 4.76. The summed E-state index contributed by atoms with van der Waals surface area (Å²) in [6.45, 7) is 1.82. The molecule has 1 unspecified atom stereocenters. The first-order valence-corrected chi connectivity index (χ1v) is 6.81. The highest BCUT2D eigenvalue weighted by molar-refractivity contribution is 6.30. The summed E-state index contributed by atoms with van der Waals surface area (Å²) >= 11 is 5.73. The summed E-state index contributed by atoms with van der Waals surface area (Å²) in [7, 11) is 0. The van der Waals surface area contributed by atoms with Crippen LogP contribution in [0.1, 0.15) is 13.3 Å². The summed E-state index contributed by atoms with van der Waals surface area (Å²) in [6.07, 6.45) is 1.23. The number of carbonyl (C=O) groups is 1. The van der Waals surface area contributed by atoms with Gasteiger partial charge in [-0.1, -0.05) is 18.5 Å². The van der Waals surface area contributed by atoms with Crippen LogP contribution in [0.4, 0.5) is 10.2 Å². The van der Waals surface area contributed by atoms with Gasteiger partial charge in [0, 0.05) is 6.20 Å². The van der Waals surface area contributed by atoms with Crippen LogP contribution < -0.4 is 10.1 Å². The number of nitrogens with one attached hydrogen (secondary N) is 1. The lowest BCUT2D eigenvalue weighted by Gasteiger charge is -2.17. The topological polar surface area (TPSA) is 51.2 Å². The van der Waals surface area contributed by atoms with Crippen LogP contribution in [-0.4, -0.2) is 17.0 Å². The third-order valence-corrected chi connectivity index (χ3v) is 2.96. The molecule has 0 aliphatic carbocycles. The van der Waals surface area contributed by atoms with Gasteiger partial charge in [0.25, 0.3) is 5.91 Å². The van der Waals surface area contributed by atoms with Gasteiger partial charge in [-0.25, -0.2) is 9.37 Å². The van der Waals surface area contributed by atoms with E-state index < -0.39 is 6.10 Å². The van der Waals surface area contributed by atoms with E-state index in [1.54, 1.807) is 12.1 Å². The zero-order valence-electron chi connectivity index (χ0n) is 11.3. The first kappa shape index (κ1) is 15.3. The van der Waals surface area contributed by atoms with Crippen LogP contribution in [0.5, 0.6) is 5.75 Å². The highest BCUT2D eigenvalue weighted by Gasteiger charge is 2.18. The Kier molecular flexibility index (Phi) is 5.11. The normalized spacial score (nSPS) is 11.8. The third kappa shape index (κ3) is 4.43. The van der Waals surface area contributed by atoms with Crippen LogP contribution in [0.3, 0.4) is 0 Å². The number of hydrogen-bond acceptors (Lipinski definition) is 3. The quantitative estimate of drug-likeness (QED) is 0.917. The molecular weight excluding hydrogens is 295 g/mol. The molecule has 0 saturated heterocycles. The molecule has 21 heavy (non-hydrogen) atoms. The molecule has 2 rings (SSSR count). The van der Waals surface area contributed by atoms with E-state index in [9.17, 15) is 9.18 Å². The maximum Gasteiger partial charge on any atom is 0.266 e. The molecule has 1 amide bonds. The number of rotatable bonds is 5. The molecule has 0 bridgehead atoms. The van der Waals surface area contributed by atoms with Crippen LogP contribution >= 0.6 is 11.6 Å². The van der Waals surface area contributed by atoms with Crippen molar-refractivity contribution in [2.45, 2.75) is 19.4 Å². The van der Waals surface area contributed by atoms with Crippen molar-refractivity contribution in [3.05, 3.63) is 53.4 Å². The fourth-order valence-electron chi connectivity index (χ4n) is 1.66. The molecule has 4 nitrogen and oxygen atoms in total. The van der Waals surface area contributed by atoms with Gasteiger partial charge < -0.3 is 10.1 Å². The number of pyridine rings is 1. The maximum absolute atomic E-state index is 12.8. The van der Waals surface area contributed by atoms with Gasteiger partial charge in [-0.05, 0) is 42.8 Å². The predicted molar refractivity (Wildman–Crippen MR) is 79.0 cm³/mol. The second-order valence-electron chi connectivity index (χ2n) is 4.32. The van der Waals surface area contributed by atoms with Gasteiger partial charge in [0.05, 0.1) is 5.02 Å². The monoisotopic (exact) mass is 308 g/mol. The standard InChI is InChI=1S/C15H14ClFN2O2/c1-2-13(21-12-6-4-11(17)5-7-12)15(20)19-14-8-3-10(16)9-18-14/h3-9,13H,2H2,1H3,(H,18,19,20). The number of ether oxygens (including phenoxy) is 1. The molecule has 0 aliphatic rings. The average Bonchev–Trinajstić information content (AvgIpc) is 2.49. The Morgan fingerprint density at radius 1 is 1.33 bits per heavy atom. The molecule has 0 fully saturated rings. The number of anilines is 1. The van der Waals surface area contributed by atoms with Gasteiger partial charge in [-0.15, -0.1) is 0 Å². The van der Waals surface area contributed by atoms with Crippen molar-refractivity contribution >= 4 is 23.3 Å². The Morgan fingerprint density at radius 3 is 2.62 bits per heavy atom. The SMILES string of the molecule is CCC(Oc1ccc(F)cc1)C(=O)Nc1ccc(Cl)cn1. The zero-order valence-corrected chi connectivity index (χ0v) is 12.1. The van der Waals surface area contributed by atoms with E-state index >= 15 is 0 Å². The number of nitrogens with zero attached hydrogens (tertiary/aromatic N) is 1. The van der Waals surface area contributed by atoms with Crippen LogP contribution in [-0.2, 0) is 4.79 Å². The van der Waals surface area contributed by atoms with Crippen molar-refractivity contribution in [1.82, 2.24) is 4.98 Å². The van der Waals surface area contributed by atoms with Crippen molar-refractivity contribution in [3.63, 3.8) is 0 Å². The molecule has 110 valence electrons. The van der Waals surface area contributed by atoms with E-state index in [0.717, 1.165) is 0 Å². The van der Waals surface area contributed by atoms with Crippen molar-refractivity contribution in [1.29, 1.82) is 0 Å². The molecule has 1 N–H and O–H groups in total. The summed E-state index contributed by atoms with van der Waals surface area (Å²) in [5.41, 5.74) is 0. The lowest BCUT2D eigenvalue weighted by molar-refractivity contribution is -0.122. The maximum atomic E-state index is 12.8. The highest BCUT2D eigenvalue weighted by atomic mass is 35.5. The molecule has 6 heteroatoms. The van der Waals surface area contributed by atoms with Crippen LogP contribution in [0.25, 0.3) is 0 Å². The molecule has 1 aromatic heterocycles. The number of carbonyl (C=O) groups excluding carboxylic acids is 1. The molecule has 0 aliphatic heterocycles. The van der Waals surface area contributed by atoms with Crippen LogP contribution in [0.15, 0.2) is 42.6 Å². The number of amides is 1. The largest absolute Gasteiger partial charge is 0.481 e. The molecule has 0 radical (unpaired) electrons. The fraction of sp³-hybridized carbons (Fsp3) is 0.200. The average molecular weight is 309 g/mol. The summed E-state index contributed by atoms with van der Waals surface area (Å²) in [6, 6.07) is 8.75. The fourth-order valence-corrected chi connectivity index (χ4v) is 1.77. The van der Waals surface area contributed by atoms with E-state index in [1.807, 2.05) is 6.92 Å². The minimum atomic E-state index is -0.687. The first-order valence-electron chi connectivity index (χ1n) is 6.43. The third-order valence-electron chi connectivity index (χ3n) is 2.73. The van der Waals surface area contributed by atoms with E-state index in [-0.39, 0.29) is 11.7 Å². The van der Waals surface area contributed by atoms with E-state index in [4.69, 9.17) is 16.3 Å². The molecule has 0 saturated carbocycles. The van der Waals surface area contributed by atoms with Gasteiger partial charge in [0.1, 0.15) is 17.4 Å². The summed E-state index contributed by atoms with van der Waals surface area (Å²) < 4.78 is 18.4. The lowest BCUT2D eigenvalue weighted by atomic mass is 10.2. The number of hydrogen-bond donors (Lipinski definition) is 1. The minimum Gasteiger partial charge on any atom is -0.481 e. The van der Waals surface area contributed by atoms with Crippen molar-refractivity contribution in [3.8, 4) is 5.75 Å². The Balaban J connectivity index is 2.01. The van der Waals surface area contributed by atoms with Crippen molar-refractivity contribution in [2.24, 2.45) is 0 Å². The Labute approximate surface area is 126 Å². The molecule has 2 aromatic rings. The van der Waals surface area contributed by atoms with Crippen LogP contribution in [0, 0.1) is 5.82 Å². The van der Waals surface area contributed by atoms with Crippen molar-refractivity contribution in [2.75, 3.05) is 5.32 Å². The van der Waals surface area contributed by atoms with Crippen molar-refractivity contribution < 1.29 is 13.9 Å². The molecule has 1 aromatic carbocycles. The van der Waals surface area contributed by atoms with E-state index in [1.165, 1.54) is 30.5 Å². The van der Waals surface area contributed by atoms with Gasteiger partial charge in [-0.2, -0.15) is 0 Å². The van der Waals surface area contributed by atoms with E-state index in [2.05, 4.69) is 10.3 Å². The first-order chi connectivity index (χ1) is 10.1. The zero-order chi connectivity index (χ0) is 15.2. The van der Waals surface area contributed by atoms with Gasteiger partial charge in [0.15, 0.2) is 6.10 Å². The summed E-state index contributed by atoms with van der Waals surface area (Å²) in [5, 5.41) is 3.13. The number of benzene rings is 1. The number of halogens is 2. The Morgan fingerprint density at radius 2 is 2.05 bits per heavy atom. The summed E-state index contributed by atoms with van der Waals surface area (Å²) in [4.78, 5) is 16.1. The highest BCUT2D eigenvalue weighted by Crippen LogP contribution is 2.16. The molecule has 1 heterocycles. The second kappa shape index (κ2) is 7.04. The minimum absolute atomic E-state index is 0.323.